The van der Waals surface area contributed by atoms with Crippen LogP contribution in [0, 0.1) is 0 Å². The van der Waals surface area contributed by atoms with Crippen LogP contribution in [-0.4, -0.2) is 38.8 Å². The number of ketones is 1. The summed E-state index contributed by atoms with van der Waals surface area (Å²) >= 11 is 0. The van der Waals surface area contributed by atoms with Gasteiger partial charge in [-0.05, 0) is 12.1 Å². The van der Waals surface area contributed by atoms with Crippen LogP contribution >= 0.6 is 0 Å². The minimum atomic E-state index is -0.167. The van der Waals surface area contributed by atoms with Gasteiger partial charge in [-0.2, -0.15) is 0 Å². The Labute approximate surface area is 106 Å². The summed E-state index contributed by atoms with van der Waals surface area (Å²) in [6.07, 6.45) is 0.861. The van der Waals surface area contributed by atoms with Crippen LogP contribution in [0.4, 0.5) is 0 Å². The third kappa shape index (κ3) is 2.63. The van der Waals surface area contributed by atoms with Crippen molar-refractivity contribution < 1.29 is 19.0 Å². The van der Waals surface area contributed by atoms with Crippen LogP contribution in [0.25, 0.3) is 0 Å². The molecular weight excluding hydrogens is 234 g/mol. The average molecular weight is 251 g/mol. The summed E-state index contributed by atoms with van der Waals surface area (Å²) < 4.78 is 16.3. The molecule has 2 rings (SSSR count). The van der Waals surface area contributed by atoms with Crippen molar-refractivity contribution in [3.8, 4) is 11.5 Å². The first kappa shape index (κ1) is 12.9. The van der Waals surface area contributed by atoms with E-state index < -0.39 is 0 Å². The molecule has 1 saturated heterocycles. The Balaban J connectivity index is 2.25. The van der Waals surface area contributed by atoms with Gasteiger partial charge in [0.1, 0.15) is 6.10 Å². The number of nitrogens with two attached hydrogens (primary N) is 1. The SMILES string of the molecule is COc1c(OC2CCOC2)cccc1C(=O)CN. The van der Waals surface area contributed by atoms with Gasteiger partial charge in [0.05, 0.1) is 32.4 Å². The van der Waals surface area contributed by atoms with Gasteiger partial charge in [0.15, 0.2) is 17.3 Å². The lowest BCUT2D eigenvalue weighted by molar-refractivity contribution is 0.0996. The van der Waals surface area contributed by atoms with Crippen molar-refractivity contribution in [2.24, 2.45) is 5.73 Å². The average Bonchev–Trinajstić information content (AvgIpc) is 2.90. The predicted molar refractivity (Wildman–Crippen MR) is 66.2 cm³/mol. The molecule has 0 saturated carbocycles. The Morgan fingerprint density at radius 3 is 3.00 bits per heavy atom. The molecule has 98 valence electrons. The number of para-hydroxylation sites is 1. The summed E-state index contributed by atoms with van der Waals surface area (Å²) in [4.78, 5) is 11.7. The molecule has 1 aromatic carbocycles. The Bertz CT molecular complexity index is 427. The van der Waals surface area contributed by atoms with Crippen LogP contribution in [0.15, 0.2) is 18.2 Å². The third-order valence-corrected chi connectivity index (χ3v) is 2.85. The zero-order valence-corrected chi connectivity index (χ0v) is 10.3. The minimum absolute atomic E-state index is 0.0159. The summed E-state index contributed by atoms with van der Waals surface area (Å²) in [5, 5.41) is 0. The quantitative estimate of drug-likeness (QED) is 0.791. The number of benzene rings is 1. The Morgan fingerprint density at radius 2 is 2.39 bits per heavy atom. The molecule has 2 N–H and O–H groups in total. The maximum absolute atomic E-state index is 11.7. The number of rotatable bonds is 5. The van der Waals surface area contributed by atoms with Gasteiger partial charge in [-0.1, -0.05) is 6.07 Å². The lowest BCUT2D eigenvalue weighted by atomic mass is 10.1. The molecule has 5 nitrogen and oxygen atoms in total. The predicted octanol–water partition coefficient (Wildman–Crippen LogP) is 1.00. The largest absolute Gasteiger partial charge is 0.492 e. The molecule has 0 radical (unpaired) electrons. The van der Waals surface area contributed by atoms with E-state index in [9.17, 15) is 4.79 Å². The summed E-state index contributed by atoms with van der Waals surface area (Å²) in [7, 11) is 1.51. The van der Waals surface area contributed by atoms with Gasteiger partial charge in [0, 0.05) is 6.42 Å². The molecule has 1 fully saturated rings. The number of ether oxygens (including phenoxy) is 3. The molecule has 18 heavy (non-hydrogen) atoms. The molecule has 1 aliphatic rings. The van der Waals surface area contributed by atoms with Gasteiger partial charge in [0.2, 0.25) is 0 Å². The highest BCUT2D eigenvalue weighted by molar-refractivity contribution is 6.00. The molecule has 1 atom stereocenters. The monoisotopic (exact) mass is 251 g/mol. The van der Waals surface area contributed by atoms with Gasteiger partial charge in [-0.25, -0.2) is 0 Å². The van der Waals surface area contributed by atoms with Crippen molar-refractivity contribution in [1.82, 2.24) is 0 Å². The lowest BCUT2D eigenvalue weighted by Crippen LogP contribution is -2.18. The van der Waals surface area contributed by atoms with Crippen molar-refractivity contribution in [3.05, 3.63) is 23.8 Å². The van der Waals surface area contributed by atoms with E-state index in [0.717, 1.165) is 6.42 Å². The zero-order chi connectivity index (χ0) is 13.0. The van der Waals surface area contributed by atoms with E-state index in [1.54, 1.807) is 18.2 Å². The van der Waals surface area contributed by atoms with E-state index in [-0.39, 0.29) is 18.4 Å². The van der Waals surface area contributed by atoms with Gasteiger partial charge >= 0.3 is 0 Å². The Morgan fingerprint density at radius 1 is 1.56 bits per heavy atom. The number of methoxy groups -OCH3 is 1. The van der Waals surface area contributed by atoms with Crippen molar-refractivity contribution >= 4 is 5.78 Å². The second kappa shape index (κ2) is 5.84. The fourth-order valence-corrected chi connectivity index (χ4v) is 1.93. The second-order valence-corrected chi connectivity index (χ2v) is 4.07. The summed E-state index contributed by atoms with van der Waals surface area (Å²) in [5.74, 6) is 0.840. The number of carbonyl (C=O) groups is 1. The highest BCUT2D eigenvalue weighted by atomic mass is 16.6. The normalized spacial score (nSPS) is 18.7. The molecular formula is C13H17NO4. The molecule has 0 spiro atoms. The van der Waals surface area contributed by atoms with Crippen LogP contribution < -0.4 is 15.2 Å². The van der Waals surface area contributed by atoms with E-state index in [1.165, 1.54) is 7.11 Å². The maximum Gasteiger partial charge on any atom is 0.180 e. The van der Waals surface area contributed by atoms with E-state index in [4.69, 9.17) is 19.9 Å². The highest BCUT2D eigenvalue weighted by Crippen LogP contribution is 2.32. The van der Waals surface area contributed by atoms with Crippen molar-refractivity contribution in [3.63, 3.8) is 0 Å². The summed E-state index contributed by atoms with van der Waals surface area (Å²) in [6.45, 7) is 1.22. The van der Waals surface area contributed by atoms with Crippen LogP contribution in [0.5, 0.6) is 11.5 Å². The Kier molecular flexibility index (Phi) is 4.17. The van der Waals surface area contributed by atoms with Gasteiger partial charge < -0.3 is 19.9 Å². The van der Waals surface area contributed by atoms with E-state index >= 15 is 0 Å². The molecule has 1 aliphatic heterocycles. The number of Topliss-reactive ketones (excluding diaryl/α,β-unsaturated/α-hetero) is 1. The van der Waals surface area contributed by atoms with Gasteiger partial charge in [-0.3, -0.25) is 4.79 Å². The minimum Gasteiger partial charge on any atom is -0.492 e. The number of hydrogen-bond donors (Lipinski definition) is 1. The Hall–Kier alpha value is -1.59. The van der Waals surface area contributed by atoms with Crippen LogP contribution in [-0.2, 0) is 4.74 Å². The van der Waals surface area contributed by atoms with Crippen LogP contribution in [0.3, 0.4) is 0 Å². The first-order valence-corrected chi connectivity index (χ1v) is 5.91. The standard InChI is InChI=1S/C13H17NO4/c1-16-13-10(11(15)7-14)3-2-4-12(13)18-9-5-6-17-8-9/h2-4,9H,5-8,14H2,1H3. The first-order valence-electron chi connectivity index (χ1n) is 5.91. The zero-order valence-electron chi connectivity index (χ0n) is 10.3. The smallest absolute Gasteiger partial charge is 0.180 e. The molecule has 0 amide bonds. The molecule has 0 bridgehead atoms. The fourth-order valence-electron chi connectivity index (χ4n) is 1.93. The van der Waals surface area contributed by atoms with Crippen molar-refractivity contribution in [2.75, 3.05) is 26.9 Å². The highest BCUT2D eigenvalue weighted by Gasteiger charge is 2.21. The fraction of sp³-hybridized carbons (Fsp3) is 0.462. The van der Waals surface area contributed by atoms with Crippen molar-refractivity contribution in [2.45, 2.75) is 12.5 Å². The first-order chi connectivity index (χ1) is 8.76. The summed E-state index contributed by atoms with van der Waals surface area (Å²) in [5.41, 5.74) is 5.83. The van der Waals surface area contributed by atoms with Crippen LogP contribution in [0.1, 0.15) is 16.8 Å². The lowest BCUT2D eigenvalue weighted by Gasteiger charge is -2.16. The second-order valence-electron chi connectivity index (χ2n) is 4.07. The molecule has 5 heteroatoms. The van der Waals surface area contributed by atoms with Gasteiger partial charge in [0.25, 0.3) is 0 Å². The maximum atomic E-state index is 11.7. The number of hydrogen-bond acceptors (Lipinski definition) is 5. The van der Waals surface area contributed by atoms with E-state index in [2.05, 4.69) is 0 Å². The topological polar surface area (TPSA) is 70.8 Å². The van der Waals surface area contributed by atoms with Gasteiger partial charge in [-0.15, -0.1) is 0 Å². The molecule has 0 aliphatic carbocycles. The van der Waals surface area contributed by atoms with E-state index in [0.29, 0.717) is 30.3 Å². The molecule has 1 unspecified atom stereocenters. The van der Waals surface area contributed by atoms with Crippen molar-refractivity contribution in [1.29, 1.82) is 0 Å². The molecule has 0 aromatic heterocycles. The van der Waals surface area contributed by atoms with Crippen LogP contribution in [0.2, 0.25) is 0 Å². The summed E-state index contributed by atoms with van der Waals surface area (Å²) in [6, 6.07) is 5.23. The van der Waals surface area contributed by atoms with E-state index in [1.807, 2.05) is 0 Å². The molecule has 1 heterocycles. The number of carbonyl (C=O) groups excluding carboxylic acids is 1. The third-order valence-electron chi connectivity index (χ3n) is 2.85. The molecule has 1 aromatic rings.